The van der Waals surface area contributed by atoms with Crippen molar-refractivity contribution in [3.8, 4) is 0 Å². The first-order valence-corrected chi connectivity index (χ1v) is 9.82. The number of para-hydroxylation sites is 2. The van der Waals surface area contributed by atoms with Crippen molar-refractivity contribution in [3.63, 3.8) is 0 Å². The molecule has 0 aliphatic carbocycles. The van der Waals surface area contributed by atoms with E-state index in [4.69, 9.17) is 9.47 Å². The third-order valence-corrected chi connectivity index (χ3v) is 5.47. The molecule has 0 fully saturated rings. The van der Waals surface area contributed by atoms with Crippen LogP contribution >= 0.6 is 0 Å². The monoisotopic (exact) mass is 383 g/mol. The summed E-state index contributed by atoms with van der Waals surface area (Å²) in [5, 5.41) is 0. The molecule has 3 aromatic rings. The molecule has 144 valence electrons. The maximum absolute atomic E-state index is 13.4. The summed E-state index contributed by atoms with van der Waals surface area (Å²) in [6, 6.07) is 25.7. The normalized spacial score (nSPS) is 21.7. The van der Waals surface area contributed by atoms with Gasteiger partial charge in [0.15, 0.2) is 6.23 Å². The van der Waals surface area contributed by atoms with Gasteiger partial charge in [-0.3, -0.25) is 0 Å². The molecule has 0 bridgehead atoms. The van der Waals surface area contributed by atoms with Gasteiger partial charge in [0.2, 0.25) is 5.60 Å². The smallest absolute Gasteiger partial charge is 0.348 e. The summed E-state index contributed by atoms with van der Waals surface area (Å²) in [6.07, 6.45) is 3.62. The Hall–Kier alpha value is -3.37. The Morgan fingerprint density at radius 3 is 2.45 bits per heavy atom. The minimum absolute atomic E-state index is 0.284. The number of carbonyl (C=O) groups is 1. The number of nitrogens with zero attached hydrogens (tertiary/aromatic N) is 1. The summed E-state index contributed by atoms with van der Waals surface area (Å²) in [4.78, 5) is 15.6. The van der Waals surface area contributed by atoms with Gasteiger partial charge in [-0.25, -0.2) is 4.79 Å². The fourth-order valence-electron chi connectivity index (χ4n) is 4.25. The molecular formula is C25H21NO3. The average Bonchev–Trinajstić information content (AvgIpc) is 2.78. The van der Waals surface area contributed by atoms with Crippen LogP contribution in [0.5, 0.6) is 0 Å². The molecule has 2 unspecified atom stereocenters. The summed E-state index contributed by atoms with van der Waals surface area (Å²) in [5.74, 6) is -0.398. The number of carbonyl (C=O) groups excluding carboxylic acids is 1. The maximum Gasteiger partial charge on any atom is 0.348 e. The van der Waals surface area contributed by atoms with Crippen LogP contribution in [0.1, 0.15) is 23.6 Å². The van der Waals surface area contributed by atoms with Crippen molar-refractivity contribution in [1.82, 2.24) is 0 Å². The number of hydrogen-bond donors (Lipinski definition) is 0. The highest BCUT2D eigenvalue weighted by atomic mass is 16.6. The summed E-state index contributed by atoms with van der Waals surface area (Å²) >= 11 is 0. The predicted octanol–water partition coefficient (Wildman–Crippen LogP) is 5.01. The Bertz CT molecular complexity index is 1090. The van der Waals surface area contributed by atoms with E-state index in [0.717, 1.165) is 28.1 Å². The van der Waals surface area contributed by atoms with Crippen molar-refractivity contribution in [2.75, 3.05) is 11.5 Å². The number of ether oxygens (including phenoxy) is 2. The van der Waals surface area contributed by atoms with Crippen molar-refractivity contribution in [2.24, 2.45) is 0 Å². The van der Waals surface area contributed by atoms with Gasteiger partial charge in [-0.1, -0.05) is 72.8 Å². The number of rotatable bonds is 3. The SMILES string of the molecule is CCOC(=O)C1(c2ccccc2)OC2C=Cc3ccccc3N2c2ccccc21. The fourth-order valence-corrected chi connectivity index (χ4v) is 4.25. The van der Waals surface area contributed by atoms with Gasteiger partial charge in [0.05, 0.1) is 18.0 Å². The Balaban J connectivity index is 1.78. The molecule has 4 nitrogen and oxygen atoms in total. The third-order valence-electron chi connectivity index (χ3n) is 5.47. The Kier molecular flexibility index (Phi) is 4.22. The highest BCUT2D eigenvalue weighted by molar-refractivity contribution is 5.91. The number of benzene rings is 3. The molecule has 2 aliphatic heterocycles. The first-order valence-electron chi connectivity index (χ1n) is 9.82. The van der Waals surface area contributed by atoms with E-state index in [1.54, 1.807) is 0 Å². The Morgan fingerprint density at radius 2 is 1.66 bits per heavy atom. The lowest BCUT2D eigenvalue weighted by Gasteiger charge is -2.47. The molecule has 0 saturated carbocycles. The summed E-state index contributed by atoms with van der Waals surface area (Å²) < 4.78 is 12.2. The van der Waals surface area contributed by atoms with E-state index >= 15 is 0 Å². The summed E-state index contributed by atoms with van der Waals surface area (Å²) in [6.45, 7) is 2.10. The Labute approximate surface area is 170 Å². The molecule has 2 aliphatic rings. The Morgan fingerprint density at radius 1 is 0.966 bits per heavy atom. The van der Waals surface area contributed by atoms with Crippen LogP contribution < -0.4 is 4.90 Å². The first-order chi connectivity index (χ1) is 14.3. The highest BCUT2D eigenvalue weighted by Gasteiger charge is 2.53. The predicted molar refractivity (Wildman–Crippen MR) is 113 cm³/mol. The van der Waals surface area contributed by atoms with E-state index in [1.807, 2.05) is 85.8 Å². The van der Waals surface area contributed by atoms with Gasteiger partial charge in [-0.15, -0.1) is 0 Å². The molecule has 29 heavy (non-hydrogen) atoms. The zero-order chi connectivity index (χ0) is 19.8. The molecule has 0 radical (unpaired) electrons. The van der Waals surface area contributed by atoms with E-state index in [0.29, 0.717) is 0 Å². The molecule has 0 spiro atoms. The van der Waals surface area contributed by atoms with Crippen molar-refractivity contribution in [1.29, 1.82) is 0 Å². The van der Waals surface area contributed by atoms with Crippen LogP contribution in [0.25, 0.3) is 6.08 Å². The molecule has 3 aromatic carbocycles. The zero-order valence-corrected chi connectivity index (χ0v) is 16.1. The van der Waals surface area contributed by atoms with Gasteiger partial charge in [0, 0.05) is 5.56 Å². The van der Waals surface area contributed by atoms with Crippen LogP contribution in [0.4, 0.5) is 11.4 Å². The van der Waals surface area contributed by atoms with E-state index in [-0.39, 0.29) is 6.61 Å². The van der Waals surface area contributed by atoms with E-state index in [9.17, 15) is 4.79 Å². The van der Waals surface area contributed by atoms with Gasteiger partial charge in [-0.05, 0) is 36.3 Å². The summed E-state index contributed by atoms with van der Waals surface area (Å²) in [5.41, 5.74) is 3.33. The van der Waals surface area contributed by atoms with Crippen molar-refractivity contribution >= 4 is 23.4 Å². The van der Waals surface area contributed by atoms with Crippen molar-refractivity contribution < 1.29 is 14.3 Å². The van der Waals surface area contributed by atoms with Crippen LogP contribution in [-0.2, 0) is 19.9 Å². The van der Waals surface area contributed by atoms with E-state index in [1.165, 1.54) is 0 Å². The molecule has 5 rings (SSSR count). The molecule has 2 heterocycles. The van der Waals surface area contributed by atoms with Gasteiger partial charge < -0.3 is 14.4 Å². The number of fused-ring (bicyclic) bond motifs is 5. The van der Waals surface area contributed by atoms with Gasteiger partial charge >= 0.3 is 5.97 Å². The van der Waals surface area contributed by atoms with Crippen LogP contribution in [-0.4, -0.2) is 18.8 Å². The standard InChI is InChI=1S/C25H21NO3/c1-2-28-24(27)25(19-11-4-3-5-12-19)20-13-7-9-15-22(20)26-21-14-8-6-10-18(21)16-17-23(26)29-25/h3-17,23H,2H2,1H3. The quantitative estimate of drug-likeness (QED) is 0.596. The highest BCUT2D eigenvalue weighted by Crippen LogP contribution is 2.50. The molecule has 0 aromatic heterocycles. The first kappa shape index (κ1) is 17.7. The maximum atomic E-state index is 13.4. The molecule has 0 N–H and O–H groups in total. The zero-order valence-electron chi connectivity index (χ0n) is 16.1. The van der Waals surface area contributed by atoms with Crippen molar-refractivity contribution in [3.05, 3.63) is 102 Å². The lowest BCUT2D eigenvalue weighted by atomic mass is 9.82. The van der Waals surface area contributed by atoms with Crippen LogP contribution in [0.3, 0.4) is 0 Å². The number of esters is 1. The topological polar surface area (TPSA) is 38.8 Å². The molecule has 0 saturated heterocycles. The molecule has 2 atom stereocenters. The van der Waals surface area contributed by atoms with Gasteiger partial charge in [-0.2, -0.15) is 0 Å². The minimum atomic E-state index is -1.33. The van der Waals surface area contributed by atoms with Gasteiger partial charge in [0.1, 0.15) is 0 Å². The van der Waals surface area contributed by atoms with E-state index in [2.05, 4.69) is 17.0 Å². The average molecular weight is 383 g/mol. The second kappa shape index (κ2) is 6.90. The fraction of sp³-hybridized carbons (Fsp3) is 0.160. The lowest BCUT2D eigenvalue weighted by molar-refractivity contribution is -0.173. The third kappa shape index (κ3) is 2.60. The van der Waals surface area contributed by atoms with Gasteiger partial charge in [0.25, 0.3) is 0 Å². The summed E-state index contributed by atoms with van der Waals surface area (Å²) in [7, 11) is 0. The molecule has 0 amide bonds. The molecule has 4 heteroatoms. The van der Waals surface area contributed by atoms with E-state index < -0.39 is 17.8 Å². The van der Waals surface area contributed by atoms with Crippen LogP contribution in [0, 0.1) is 0 Å². The second-order valence-corrected chi connectivity index (χ2v) is 7.08. The largest absolute Gasteiger partial charge is 0.463 e. The van der Waals surface area contributed by atoms with Crippen LogP contribution in [0.15, 0.2) is 84.9 Å². The number of hydrogen-bond acceptors (Lipinski definition) is 4. The van der Waals surface area contributed by atoms with Crippen molar-refractivity contribution in [2.45, 2.75) is 18.8 Å². The minimum Gasteiger partial charge on any atom is -0.463 e. The second-order valence-electron chi connectivity index (χ2n) is 7.08. The number of anilines is 2. The molecular weight excluding hydrogens is 362 g/mol. The lowest BCUT2D eigenvalue weighted by Crippen LogP contribution is -2.52. The van der Waals surface area contributed by atoms with Crippen LogP contribution in [0.2, 0.25) is 0 Å².